The lowest BCUT2D eigenvalue weighted by Gasteiger charge is -1.97. The van der Waals surface area contributed by atoms with E-state index in [2.05, 4.69) is 9.97 Å². The Hall–Kier alpha value is -2.74. The number of hydrogen-bond acceptors (Lipinski definition) is 5. The highest BCUT2D eigenvalue weighted by Crippen LogP contribution is 2.37. The van der Waals surface area contributed by atoms with Gasteiger partial charge < -0.3 is 10.7 Å². The van der Waals surface area contributed by atoms with E-state index in [-0.39, 0.29) is 11.4 Å². The molecule has 0 atom stereocenters. The molecule has 0 fully saturated rings. The second-order valence-corrected chi connectivity index (χ2v) is 4.98. The van der Waals surface area contributed by atoms with E-state index in [0.29, 0.717) is 21.5 Å². The summed E-state index contributed by atoms with van der Waals surface area (Å²) in [6, 6.07) is 4.90. The first-order valence-electron chi connectivity index (χ1n) is 5.57. The average molecular weight is 288 g/mol. The fraction of sp³-hybridized carbons (Fsp3) is 0. The summed E-state index contributed by atoms with van der Waals surface area (Å²) in [6.45, 7) is 0. The van der Waals surface area contributed by atoms with Gasteiger partial charge in [0, 0.05) is 22.7 Å². The fourth-order valence-electron chi connectivity index (χ4n) is 2.00. The van der Waals surface area contributed by atoms with Crippen LogP contribution in [0, 0.1) is 10.1 Å². The minimum absolute atomic E-state index is 0.0225. The van der Waals surface area contributed by atoms with Crippen molar-refractivity contribution in [1.29, 1.82) is 0 Å². The highest BCUT2D eigenvalue weighted by molar-refractivity contribution is 7.14. The second-order valence-electron chi connectivity index (χ2n) is 4.07. The van der Waals surface area contributed by atoms with Crippen molar-refractivity contribution in [2.45, 2.75) is 0 Å². The molecule has 100 valence electrons. The molecule has 1 amide bonds. The largest absolute Gasteiger partial charge is 0.364 e. The molecular weight excluding hydrogens is 280 g/mol. The van der Waals surface area contributed by atoms with Gasteiger partial charge in [0.05, 0.1) is 21.3 Å². The lowest BCUT2D eigenvalue weighted by atomic mass is 10.1. The average Bonchev–Trinajstić information content (AvgIpc) is 3.02. The SMILES string of the molecule is NC(=O)c1[nH]c2cccnc2c1-c1cc([N+](=O)[O-])cs1. The molecule has 7 nitrogen and oxygen atoms in total. The maximum Gasteiger partial charge on any atom is 0.280 e. The molecule has 0 radical (unpaired) electrons. The van der Waals surface area contributed by atoms with Gasteiger partial charge >= 0.3 is 0 Å². The Labute approximate surface area is 116 Å². The minimum Gasteiger partial charge on any atom is -0.364 e. The Morgan fingerprint density at radius 2 is 2.30 bits per heavy atom. The van der Waals surface area contributed by atoms with Gasteiger partial charge in [0.15, 0.2) is 0 Å². The first kappa shape index (κ1) is 12.3. The molecule has 3 aromatic rings. The van der Waals surface area contributed by atoms with Crippen LogP contribution in [0.3, 0.4) is 0 Å². The maximum atomic E-state index is 11.5. The van der Waals surface area contributed by atoms with E-state index in [1.54, 1.807) is 18.3 Å². The summed E-state index contributed by atoms with van der Waals surface area (Å²) >= 11 is 1.17. The molecule has 0 saturated carbocycles. The van der Waals surface area contributed by atoms with Crippen LogP contribution in [-0.4, -0.2) is 20.8 Å². The molecule has 0 spiro atoms. The molecule has 3 rings (SSSR count). The first-order chi connectivity index (χ1) is 9.58. The van der Waals surface area contributed by atoms with Crippen LogP contribution in [0.5, 0.6) is 0 Å². The summed E-state index contributed by atoms with van der Waals surface area (Å²) in [7, 11) is 0. The number of hydrogen-bond donors (Lipinski definition) is 2. The Bertz CT molecular complexity index is 836. The number of aromatic amines is 1. The number of primary amides is 1. The summed E-state index contributed by atoms with van der Waals surface area (Å²) in [6.07, 6.45) is 1.59. The van der Waals surface area contributed by atoms with Crippen LogP contribution in [0.15, 0.2) is 29.8 Å². The Kier molecular flexibility index (Phi) is 2.72. The van der Waals surface area contributed by atoms with Crippen LogP contribution in [0.1, 0.15) is 10.5 Å². The Morgan fingerprint density at radius 1 is 1.50 bits per heavy atom. The number of fused-ring (bicyclic) bond motifs is 1. The molecule has 0 aromatic carbocycles. The topological polar surface area (TPSA) is 115 Å². The van der Waals surface area contributed by atoms with Gasteiger partial charge in [-0.2, -0.15) is 0 Å². The highest BCUT2D eigenvalue weighted by Gasteiger charge is 2.21. The van der Waals surface area contributed by atoms with Crippen molar-refractivity contribution in [3.8, 4) is 10.4 Å². The molecule has 0 aliphatic carbocycles. The van der Waals surface area contributed by atoms with E-state index in [1.807, 2.05) is 0 Å². The van der Waals surface area contributed by atoms with Crippen molar-refractivity contribution in [2.75, 3.05) is 0 Å². The van der Waals surface area contributed by atoms with Gasteiger partial charge in [-0.15, -0.1) is 11.3 Å². The molecule has 3 N–H and O–H groups in total. The number of H-pyrrole nitrogens is 1. The van der Waals surface area contributed by atoms with E-state index < -0.39 is 10.8 Å². The molecule has 0 aliphatic rings. The zero-order valence-corrected chi connectivity index (χ0v) is 10.8. The van der Waals surface area contributed by atoms with E-state index >= 15 is 0 Å². The van der Waals surface area contributed by atoms with Crippen LogP contribution in [0.4, 0.5) is 5.69 Å². The third-order valence-corrected chi connectivity index (χ3v) is 3.78. The Balaban J connectivity index is 2.29. The normalized spacial score (nSPS) is 10.8. The number of carbonyl (C=O) groups excluding carboxylic acids is 1. The van der Waals surface area contributed by atoms with Gasteiger partial charge in [0.1, 0.15) is 5.69 Å². The lowest BCUT2D eigenvalue weighted by Crippen LogP contribution is -2.12. The van der Waals surface area contributed by atoms with Gasteiger partial charge in [0.2, 0.25) is 0 Å². The standard InChI is InChI=1S/C12H8N4O3S/c13-12(17)11-9(8-4-6(5-20-8)16(18)19)10-7(15-11)2-1-3-14-10/h1-5,15H,(H2,13,17). The number of thiophene rings is 1. The van der Waals surface area contributed by atoms with Gasteiger partial charge in [-0.1, -0.05) is 0 Å². The predicted octanol–water partition coefficient (Wildman–Crippen LogP) is 2.30. The summed E-state index contributed by atoms with van der Waals surface area (Å²) in [5.74, 6) is -0.631. The number of nitrogens with two attached hydrogens (primary N) is 1. The second kappa shape index (κ2) is 4.42. The number of nitrogens with one attached hydrogen (secondary N) is 1. The van der Waals surface area contributed by atoms with Gasteiger partial charge in [-0.3, -0.25) is 19.9 Å². The van der Waals surface area contributed by atoms with E-state index in [4.69, 9.17) is 5.73 Å². The van der Waals surface area contributed by atoms with Crippen LogP contribution in [0.25, 0.3) is 21.5 Å². The lowest BCUT2D eigenvalue weighted by molar-refractivity contribution is -0.384. The quantitative estimate of drug-likeness (QED) is 0.568. The summed E-state index contributed by atoms with van der Waals surface area (Å²) in [5, 5.41) is 12.2. The molecule has 0 bridgehead atoms. The van der Waals surface area contributed by atoms with Gasteiger partial charge in [-0.05, 0) is 12.1 Å². The number of nitro groups is 1. The molecular formula is C12H8N4O3S. The molecule has 0 unspecified atom stereocenters. The maximum absolute atomic E-state index is 11.5. The van der Waals surface area contributed by atoms with Crippen molar-refractivity contribution in [1.82, 2.24) is 9.97 Å². The van der Waals surface area contributed by atoms with Crippen LogP contribution >= 0.6 is 11.3 Å². The fourth-order valence-corrected chi connectivity index (χ4v) is 2.91. The summed E-state index contributed by atoms with van der Waals surface area (Å²) in [5.41, 5.74) is 7.27. The number of nitrogens with zero attached hydrogens (tertiary/aromatic N) is 2. The van der Waals surface area contributed by atoms with Crippen molar-refractivity contribution in [3.05, 3.63) is 45.6 Å². The number of rotatable bonds is 3. The third-order valence-electron chi connectivity index (χ3n) is 2.84. The number of carbonyl (C=O) groups is 1. The molecule has 20 heavy (non-hydrogen) atoms. The molecule has 0 saturated heterocycles. The third kappa shape index (κ3) is 1.82. The number of aromatic nitrogens is 2. The molecule has 3 aromatic heterocycles. The zero-order chi connectivity index (χ0) is 14.3. The highest BCUT2D eigenvalue weighted by atomic mass is 32.1. The van der Waals surface area contributed by atoms with E-state index in [9.17, 15) is 14.9 Å². The Morgan fingerprint density at radius 3 is 2.95 bits per heavy atom. The predicted molar refractivity (Wildman–Crippen MR) is 74.6 cm³/mol. The van der Waals surface area contributed by atoms with Crippen LogP contribution < -0.4 is 5.73 Å². The van der Waals surface area contributed by atoms with Crippen LogP contribution in [0.2, 0.25) is 0 Å². The smallest absolute Gasteiger partial charge is 0.280 e. The number of pyridine rings is 1. The summed E-state index contributed by atoms with van der Waals surface area (Å²) in [4.78, 5) is 29.5. The van der Waals surface area contributed by atoms with Gasteiger partial charge in [0.25, 0.3) is 11.6 Å². The van der Waals surface area contributed by atoms with E-state index in [1.165, 1.54) is 22.8 Å². The van der Waals surface area contributed by atoms with Crippen LogP contribution in [-0.2, 0) is 0 Å². The van der Waals surface area contributed by atoms with Crippen molar-refractivity contribution >= 4 is 34.0 Å². The van der Waals surface area contributed by atoms with Gasteiger partial charge in [-0.25, -0.2) is 0 Å². The first-order valence-corrected chi connectivity index (χ1v) is 6.45. The molecule has 0 aliphatic heterocycles. The molecule has 8 heteroatoms. The molecule has 3 heterocycles. The van der Waals surface area contributed by atoms with Crippen molar-refractivity contribution in [2.24, 2.45) is 5.73 Å². The van der Waals surface area contributed by atoms with Crippen molar-refractivity contribution < 1.29 is 9.72 Å². The van der Waals surface area contributed by atoms with Crippen molar-refractivity contribution in [3.63, 3.8) is 0 Å². The zero-order valence-electron chi connectivity index (χ0n) is 9.99. The monoisotopic (exact) mass is 288 g/mol. The minimum atomic E-state index is -0.631. The summed E-state index contributed by atoms with van der Waals surface area (Å²) < 4.78 is 0. The van der Waals surface area contributed by atoms with E-state index in [0.717, 1.165) is 0 Å². The number of amides is 1.